The number of benzene rings is 1. The van der Waals surface area contributed by atoms with Crippen LogP contribution in [0.2, 0.25) is 0 Å². The van der Waals surface area contributed by atoms with Crippen molar-refractivity contribution in [2.24, 2.45) is 11.3 Å². The van der Waals surface area contributed by atoms with Crippen LogP contribution in [0.3, 0.4) is 0 Å². The predicted octanol–water partition coefficient (Wildman–Crippen LogP) is 5.94. The molecule has 3 aromatic heterocycles. The van der Waals surface area contributed by atoms with E-state index in [2.05, 4.69) is 52.0 Å². The second-order valence-corrected chi connectivity index (χ2v) is 9.90. The summed E-state index contributed by atoms with van der Waals surface area (Å²) >= 11 is 0. The summed E-state index contributed by atoms with van der Waals surface area (Å²) < 4.78 is 5.56. The molecule has 2 aliphatic carbocycles. The highest BCUT2D eigenvalue weighted by Crippen LogP contribution is 2.60. The Morgan fingerprint density at radius 2 is 2.00 bits per heavy atom. The van der Waals surface area contributed by atoms with Crippen molar-refractivity contribution in [2.75, 3.05) is 7.11 Å². The largest absolute Gasteiger partial charge is 0.496 e. The van der Waals surface area contributed by atoms with Crippen molar-refractivity contribution in [3.8, 4) is 28.0 Å². The van der Waals surface area contributed by atoms with Gasteiger partial charge in [0, 0.05) is 63.9 Å². The Bertz CT molecular complexity index is 1530. The molecule has 6 heteroatoms. The van der Waals surface area contributed by atoms with Crippen LogP contribution in [0, 0.1) is 11.3 Å². The van der Waals surface area contributed by atoms with Gasteiger partial charge in [0.1, 0.15) is 11.4 Å². The highest BCUT2D eigenvalue weighted by Gasteiger charge is 2.50. The van der Waals surface area contributed by atoms with Crippen LogP contribution >= 0.6 is 0 Å². The zero-order valence-electron chi connectivity index (χ0n) is 20.4. The van der Waals surface area contributed by atoms with Gasteiger partial charge in [0.15, 0.2) is 0 Å². The van der Waals surface area contributed by atoms with E-state index in [0.29, 0.717) is 11.5 Å². The zero-order chi connectivity index (χ0) is 24.9. The van der Waals surface area contributed by atoms with E-state index in [-0.39, 0.29) is 17.4 Å². The molecule has 1 amide bonds. The highest BCUT2D eigenvalue weighted by atomic mass is 16.5. The second kappa shape index (κ2) is 8.48. The maximum atomic E-state index is 13.0. The van der Waals surface area contributed by atoms with Crippen molar-refractivity contribution < 1.29 is 9.53 Å². The van der Waals surface area contributed by atoms with Crippen LogP contribution < -0.4 is 10.1 Å². The van der Waals surface area contributed by atoms with Gasteiger partial charge >= 0.3 is 0 Å². The van der Waals surface area contributed by atoms with Crippen molar-refractivity contribution in [3.05, 3.63) is 91.1 Å². The first-order valence-electron chi connectivity index (χ1n) is 12.2. The molecule has 3 heterocycles. The number of methoxy groups -OCH3 is 1. The van der Waals surface area contributed by atoms with Crippen molar-refractivity contribution in [1.82, 2.24) is 20.3 Å². The van der Waals surface area contributed by atoms with E-state index < -0.39 is 0 Å². The van der Waals surface area contributed by atoms with Gasteiger partial charge in [0.25, 0.3) is 5.91 Å². The number of hydrogen-bond donors (Lipinski definition) is 2. The summed E-state index contributed by atoms with van der Waals surface area (Å²) in [6.45, 7) is 6.30. The maximum Gasteiger partial charge on any atom is 0.253 e. The average Bonchev–Trinajstić information content (AvgIpc) is 3.61. The zero-order valence-corrected chi connectivity index (χ0v) is 20.4. The summed E-state index contributed by atoms with van der Waals surface area (Å²) in [5, 5.41) is 4.11. The first-order chi connectivity index (χ1) is 17.5. The Labute approximate surface area is 210 Å². The quantitative estimate of drug-likeness (QED) is 0.324. The molecule has 0 saturated heterocycles. The van der Waals surface area contributed by atoms with Crippen LogP contribution in [0.5, 0.6) is 5.75 Å². The molecule has 1 aromatic carbocycles. The fourth-order valence-electron chi connectivity index (χ4n) is 5.35. The van der Waals surface area contributed by atoms with Gasteiger partial charge in [-0.05, 0) is 43.9 Å². The van der Waals surface area contributed by atoms with E-state index in [1.54, 1.807) is 25.7 Å². The maximum absolute atomic E-state index is 13.0. The van der Waals surface area contributed by atoms with Gasteiger partial charge in [-0.3, -0.25) is 9.78 Å². The Hall–Kier alpha value is -4.19. The van der Waals surface area contributed by atoms with Crippen molar-refractivity contribution in [2.45, 2.75) is 25.8 Å². The van der Waals surface area contributed by atoms with E-state index in [1.807, 2.05) is 36.5 Å². The van der Waals surface area contributed by atoms with Gasteiger partial charge in [-0.1, -0.05) is 42.5 Å². The third-order valence-corrected chi connectivity index (χ3v) is 7.52. The lowest BCUT2D eigenvalue weighted by molar-refractivity contribution is 0.0932. The smallest absolute Gasteiger partial charge is 0.253 e. The number of nitrogens with one attached hydrogen (secondary N) is 2. The van der Waals surface area contributed by atoms with Gasteiger partial charge in [0.05, 0.1) is 12.7 Å². The fourth-order valence-corrected chi connectivity index (χ4v) is 5.35. The number of para-hydroxylation sites is 1. The number of hydrogen-bond acceptors (Lipinski definition) is 4. The van der Waals surface area contributed by atoms with Crippen molar-refractivity contribution in [3.63, 3.8) is 0 Å². The molecule has 1 spiro atoms. The number of ether oxygens (including phenoxy) is 1. The lowest BCUT2D eigenvalue weighted by Crippen LogP contribution is -2.39. The molecule has 0 bridgehead atoms. The summed E-state index contributed by atoms with van der Waals surface area (Å²) in [4.78, 5) is 25.2. The lowest BCUT2D eigenvalue weighted by atomic mass is 9.64. The van der Waals surface area contributed by atoms with Crippen LogP contribution in [0.25, 0.3) is 33.3 Å². The van der Waals surface area contributed by atoms with Crippen LogP contribution in [0.1, 0.15) is 30.1 Å². The molecule has 2 N–H and O–H groups in total. The van der Waals surface area contributed by atoms with Gasteiger partial charge in [-0.15, -0.1) is 0 Å². The van der Waals surface area contributed by atoms with Gasteiger partial charge < -0.3 is 15.0 Å². The minimum Gasteiger partial charge on any atom is -0.496 e. The molecule has 1 saturated carbocycles. The minimum absolute atomic E-state index is 0.0558. The molecule has 36 heavy (non-hydrogen) atoms. The molecule has 6 nitrogen and oxygen atoms in total. The molecule has 1 fully saturated rings. The molecule has 2 atom stereocenters. The number of H-pyrrole nitrogens is 1. The van der Waals surface area contributed by atoms with Gasteiger partial charge in [-0.25, -0.2) is 4.98 Å². The summed E-state index contributed by atoms with van der Waals surface area (Å²) in [6, 6.07) is 11.9. The number of carbonyl (C=O) groups is 1. The van der Waals surface area contributed by atoms with E-state index in [1.165, 1.54) is 5.57 Å². The van der Waals surface area contributed by atoms with Crippen molar-refractivity contribution in [1.29, 1.82) is 0 Å². The molecule has 6 rings (SSSR count). The molecule has 2 aliphatic rings. The highest BCUT2D eigenvalue weighted by molar-refractivity contribution is 5.98. The number of rotatable bonds is 7. The number of carbonyl (C=O) groups excluding carboxylic acids is 1. The van der Waals surface area contributed by atoms with E-state index in [0.717, 1.165) is 51.9 Å². The number of fused-ring (bicyclic) bond motifs is 1. The standard InChI is InChI=1S/C30H28N4O2/c1-18(10-20-13-30(8-9-30)19(20)2)34-29(35)23-11-21(14-31-15-23)22-12-25-26(17-33-28(25)32-16-22)24-6-4-5-7-27(24)36-3/h4-9,11-12,14-18,20H,2,10,13H2,1,3H3,(H,32,33)(H,34,35). The molecule has 4 aromatic rings. The predicted molar refractivity (Wildman–Crippen MR) is 142 cm³/mol. The monoisotopic (exact) mass is 476 g/mol. The van der Waals surface area contributed by atoms with Crippen molar-refractivity contribution >= 4 is 16.9 Å². The number of amides is 1. The first-order valence-corrected chi connectivity index (χ1v) is 12.2. The SMILES string of the molecule is C=C1C(CC(C)NC(=O)c2cncc(-c3cnc4[nH]cc(-c5ccccc5OC)c4c3)c2)CC12C=C2. The third-order valence-electron chi connectivity index (χ3n) is 7.52. The average molecular weight is 477 g/mol. The number of aromatic amines is 1. The van der Waals surface area contributed by atoms with Crippen LogP contribution in [0.15, 0.2) is 85.5 Å². The molecular formula is C30H28N4O2. The summed E-state index contributed by atoms with van der Waals surface area (Å²) in [6.07, 6.45) is 13.6. The van der Waals surface area contributed by atoms with Crippen LogP contribution in [0.4, 0.5) is 0 Å². The molecule has 0 radical (unpaired) electrons. The Morgan fingerprint density at radius 1 is 1.19 bits per heavy atom. The first kappa shape index (κ1) is 22.3. The van der Waals surface area contributed by atoms with Gasteiger partial charge in [0.2, 0.25) is 0 Å². The van der Waals surface area contributed by atoms with Crippen LogP contribution in [-0.4, -0.2) is 34.0 Å². The Balaban J connectivity index is 1.22. The number of pyridine rings is 2. The van der Waals surface area contributed by atoms with E-state index in [9.17, 15) is 4.79 Å². The molecule has 180 valence electrons. The number of aromatic nitrogens is 3. The Kier molecular flexibility index (Phi) is 5.25. The minimum atomic E-state index is -0.119. The van der Waals surface area contributed by atoms with E-state index >= 15 is 0 Å². The fraction of sp³-hybridized carbons (Fsp3) is 0.233. The number of allylic oxidation sites excluding steroid dienone is 3. The summed E-state index contributed by atoms with van der Waals surface area (Å²) in [5.74, 6) is 1.15. The van der Waals surface area contributed by atoms with E-state index in [4.69, 9.17) is 4.74 Å². The summed E-state index contributed by atoms with van der Waals surface area (Å²) in [7, 11) is 1.67. The van der Waals surface area contributed by atoms with Crippen LogP contribution in [-0.2, 0) is 0 Å². The molecular weight excluding hydrogens is 448 g/mol. The van der Waals surface area contributed by atoms with Gasteiger partial charge in [-0.2, -0.15) is 0 Å². The lowest BCUT2D eigenvalue weighted by Gasteiger charge is -2.41. The molecule has 2 unspecified atom stereocenters. The third kappa shape index (κ3) is 3.79. The topological polar surface area (TPSA) is 79.9 Å². The summed E-state index contributed by atoms with van der Waals surface area (Å²) in [5.41, 5.74) is 6.55. The Morgan fingerprint density at radius 3 is 2.78 bits per heavy atom. The normalized spacial score (nSPS) is 18.2. The molecule has 0 aliphatic heterocycles. The second-order valence-electron chi connectivity index (χ2n) is 9.90. The number of nitrogens with zero attached hydrogens (tertiary/aromatic N) is 2.